The van der Waals surface area contributed by atoms with Crippen LogP contribution in [0.25, 0.3) is 0 Å². The number of aliphatic hydroxyl groups is 5. The predicted molar refractivity (Wildman–Crippen MR) is 433 cm³/mol. The molecule has 11 nitrogen and oxygen atoms in total. The zero-order chi connectivity index (χ0) is 75.2. The molecular formula is C92H178O11. The van der Waals surface area contributed by atoms with E-state index in [9.17, 15) is 25.5 Å². The summed E-state index contributed by atoms with van der Waals surface area (Å²) in [5.74, 6) is 14.4. The maximum absolute atomic E-state index is 10.7. The van der Waals surface area contributed by atoms with Crippen LogP contribution in [-0.2, 0) is 28.4 Å². The fraction of sp³-hybridized carbons (Fsp3) is 1.00. The summed E-state index contributed by atoms with van der Waals surface area (Å²) < 4.78 is 36.7. The van der Waals surface area contributed by atoms with Crippen LogP contribution in [0.5, 0.6) is 0 Å². The molecule has 4 fully saturated rings. The van der Waals surface area contributed by atoms with Crippen LogP contribution in [0.3, 0.4) is 0 Å². The highest BCUT2D eigenvalue weighted by Gasteiger charge is 2.44. The number of aliphatic hydroxyl groups excluding tert-OH is 5. The molecule has 5 N–H and O–H groups in total. The molecule has 0 amide bonds. The molecule has 2 heterocycles. The smallest absolute Gasteiger partial charge is 0.186 e. The number of hydrogen-bond acceptors (Lipinski definition) is 11. The highest BCUT2D eigenvalue weighted by atomic mass is 16.7. The second-order valence-electron chi connectivity index (χ2n) is 38.1. The molecule has 2 aliphatic heterocycles. The molecule has 4 aliphatic rings. The van der Waals surface area contributed by atoms with Crippen molar-refractivity contribution >= 4 is 0 Å². The van der Waals surface area contributed by atoms with E-state index >= 15 is 0 Å². The fourth-order valence-electron chi connectivity index (χ4n) is 18.7. The molecular weight excluding hydrogens is 1280 g/mol. The summed E-state index contributed by atoms with van der Waals surface area (Å²) in [6.07, 6.45) is 51.5. The lowest BCUT2D eigenvalue weighted by Crippen LogP contribution is -2.59. The van der Waals surface area contributed by atoms with Gasteiger partial charge in [-0.15, -0.1) is 0 Å². The van der Waals surface area contributed by atoms with Crippen molar-refractivity contribution in [2.45, 2.75) is 422 Å². The van der Waals surface area contributed by atoms with Crippen LogP contribution in [0.1, 0.15) is 379 Å². The lowest BCUT2D eigenvalue weighted by Gasteiger charge is -2.40. The minimum atomic E-state index is -1.48. The topological polar surface area (TPSA) is 157 Å². The number of hydrogen-bond donors (Lipinski definition) is 5. The van der Waals surface area contributed by atoms with Crippen LogP contribution in [0.15, 0.2) is 0 Å². The third-order valence-corrected chi connectivity index (χ3v) is 27.3. The number of fused-ring (bicyclic) bond motifs is 4. The van der Waals surface area contributed by atoms with E-state index < -0.39 is 37.3 Å². The monoisotopic (exact) mass is 1460 g/mol. The summed E-state index contributed by atoms with van der Waals surface area (Å²) in [5.41, 5.74) is 0. The van der Waals surface area contributed by atoms with Crippen molar-refractivity contribution in [3.05, 3.63) is 0 Å². The van der Waals surface area contributed by atoms with E-state index in [1.54, 1.807) is 0 Å². The third-order valence-electron chi connectivity index (χ3n) is 27.3. The van der Waals surface area contributed by atoms with Crippen molar-refractivity contribution in [1.82, 2.24) is 0 Å². The summed E-state index contributed by atoms with van der Waals surface area (Å²) >= 11 is 0. The maximum Gasteiger partial charge on any atom is 0.186 e. The molecule has 4 rings (SSSR count). The van der Waals surface area contributed by atoms with Gasteiger partial charge in [0.05, 0.1) is 33.0 Å². The first kappa shape index (κ1) is 94.9. The van der Waals surface area contributed by atoms with Crippen molar-refractivity contribution in [2.75, 3.05) is 59.5 Å². The Balaban J connectivity index is 1.18. The molecule has 25 atom stereocenters. The fourth-order valence-corrected chi connectivity index (χ4v) is 18.7. The predicted octanol–water partition coefficient (Wildman–Crippen LogP) is 23.2. The Hall–Kier alpha value is -0.440. The van der Waals surface area contributed by atoms with Crippen molar-refractivity contribution in [3.63, 3.8) is 0 Å². The Kier molecular flexibility index (Phi) is 53.1. The van der Waals surface area contributed by atoms with E-state index in [0.29, 0.717) is 50.1 Å². The third kappa shape index (κ3) is 44.4. The van der Waals surface area contributed by atoms with Gasteiger partial charge in [-0.1, -0.05) is 328 Å². The molecule has 0 aromatic heterocycles. The molecule has 2 aliphatic carbocycles. The van der Waals surface area contributed by atoms with Gasteiger partial charge in [0, 0.05) is 26.4 Å². The largest absolute Gasteiger partial charge is 0.394 e. The molecule has 103 heavy (non-hydrogen) atoms. The standard InChI is InChI=1S/C92H178O11/c1-68-25-15-27-70(3)31-19-35-76(9)53-57-98-65-86(63-93)100-59-55-78(11)39-23-43-82-49-51-84(61-82)80(13)41-21-37-74(7)47-45-73(6)34-18-30-69(2)26-16-28-71(4)32-20-36-77(10)54-58-99-66-87(67-102-92-91(97)90(96)89(95)88(64-94)103-92)101-60-56-79(12)40-24-44-83-50-52-85(62-83)81(14)42-22-38-75(8)48-46-72(5)33-17-29-68/h68-97H,15-67H2,1-14H3/t68-,69-,70+,71+,72-,73-,74-,75-,76+,77+,78+,79+,80+,81+,82?,83?,84?,85?,86?,87?,88+,89+,90-,91+,92+/m0/s1. The first-order valence-corrected chi connectivity index (χ1v) is 45.4. The van der Waals surface area contributed by atoms with Crippen LogP contribution < -0.4 is 0 Å². The van der Waals surface area contributed by atoms with E-state index in [1.165, 1.54) is 257 Å². The van der Waals surface area contributed by atoms with Gasteiger partial charge in [-0.2, -0.15) is 0 Å². The normalized spacial score (nSPS) is 40.0. The first-order chi connectivity index (χ1) is 49.5. The highest BCUT2D eigenvalue weighted by Crippen LogP contribution is 2.42. The summed E-state index contributed by atoms with van der Waals surface area (Å²) in [6.45, 7) is 37.8. The van der Waals surface area contributed by atoms with E-state index in [1.807, 2.05) is 0 Å². The SMILES string of the molecule is C[C@@H]1CCC[C@H](C)CCC[C@H](C)CC[C@@H](C)CCC[C@@H](C)C2CCC(CCC[C@@H](C)CCOC(CO[C@@H]3O[C@H](CO)[C@@H](O)[C@H](O)[C@H]3O)COCC[C@H](C)CCC[C@H](C)CCC[C@H](C)CCC[C@H](C)CC[C@@H](C)CCC[C@@H](C)C3CCC(CCC[C@@H](C)CCOC(CO)COCC[C@H](C)CCC1)C3)C2. The molecule has 0 radical (unpaired) electrons. The van der Waals surface area contributed by atoms with Crippen LogP contribution in [0.4, 0.5) is 0 Å². The van der Waals surface area contributed by atoms with E-state index in [0.717, 1.165) is 122 Å². The second-order valence-corrected chi connectivity index (χ2v) is 38.1. The van der Waals surface area contributed by atoms with Gasteiger partial charge in [0.2, 0.25) is 0 Å². The first-order valence-electron chi connectivity index (χ1n) is 45.4. The summed E-state index contributed by atoms with van der Waals surface area (Å²) in [5, 5.41) is 51.4. The van der Waals surface area contributed by atoms with E-state index in [4.69, 9.17) is 28.4 Å². The van der Waals surface area contributed by atoms with Crippen LogP contribution in [0.2, 0.25) is 0 Å². The molecule has 612 valence electrons. The summed E-state index contributed by atoms with van der Waals surface area (Å²) in [4.78, 5) is 0. The Labute approximate surface area is 639 Å². The lowest BCUT2D eigenvalue weighted by molar-refractivity contribution is -0.306. The zero-order valence-corrected chi connectivity index (χ0v) is 70.6. The molecule has 2 saturated heterocycles. The Morgan fingerprint density at radius 2 is 0.573 bits per heavy atom. The minimum absolute atomic E-state index is 0.0381. The van der Waals surface area contributed by atoms with E-state index in [-0.39, 0.29) is 25.4 Å². The van der Waals surface area contributed by atoms with Gasteiger partial charge in [-0.05, 0) is 158 Å². The quantitative estimate of drug-likeness (QED) is 0.179. The molecule has 4 bridgehead atoms. The van der Waals surface area contributed by atoms with Gasteiger partial charge in [0.15, 0.2) is 6.29 Å². The van der Waals surface area contributed by atoms with Crippen LogP contribution in [-0.4, -0.2) is 128 Å². The zero-order valence-electron chi connectivity index (χ0n) is 70.6. The Bertz CT molecular complexity index is 1940. The summed E-state index contributed by atoms with van der Waals surface area (Å²) in [6, 6.07) is 0. The lowest BCUT2D eigenvalue weighted by atomic mass is 9.85. The van der Waals surface area contributed by atoms with Crippen LogP contribution in [0, 0.1) is 107 Å². The number of ether oxygens (including phenoxy) is 6. The molecule has 0 aromatic carbocycles. The minimum Gasteiger partial charge on any atom is -0.394 e. The summed E-state index contributed by atoms with van der Waals surface area (Å²) in [7, 11) is 0. The average Bonchev–Trinajstić information content (AvgIpc) is 1.33. The van der Waals surface area contributed by atoms with Crippen LogP contribution >= 0.6 is 0 Å². The highest BCUT2D eigenvalue weighted by molar-refractivity contribution is 4.89. The van der Waals surface area contributed by atoms with Gasteiger partial charge < -0.3 is 54.0 Å². The Morgan fingerprint density at radius 3 is 0.913 bits per heavy atom. The average molecular weight is 1460 g/mol. The molecule has 0 aromatic rings. The van der Waals surface area contributed by atoms with Crippen molar-refractivity contribution in [2.24, 2.45) is 107 Å². The second kappa shape index (κ2) is 57.6. The molecule has 6 unspecified atom stereocenters. The van der Waals surface area contributed by atoms with Gasteiger partial charge in [0.1, 0.15) is 36.6 Å². The van der Waals surface area contributed by atoms with Gasteiger partial charge in [-0.25, -0.2) is 0 Å². The van der Waals surface area contributed by atoms with Crippen molar-refractivity contribution in [3.8, 4) is 0 Å². The molecule has 11 heteroatoms. The van der Waals surface area contributed by atoms with Gasteiger partial charge in [0.25, 0.3) is 0 Å². The Morgan fingerprint density at radius 1 is 0.282 bits per heavy atom. The van der Waals surface area contributed by atoms with Crippen molar-refractivity contribution < 1.29 is 54.0 Å². The number of rotatable bonds is 5. The molecule has 2 saturated carbocycles. The van der Waals surface area contributed by atoms with Gasteiger partial charge in [-0.3, -0.25) is 0 Å². The van der Waals surface area contributed by atoms with Crippen molar-refractivity contribution in [1.29, 1.82) is 0 Å². The van der Waals surface area contributed by atoms with Gasteiger partial charge >= 0.3 is 0 Å². The van der Waals surface area contributed by atoms with E-state index in [2.05, 4.69) is 96.9 Å². The maximum atomic E-state index is 10.7. The molecule has 0 spiro atoms.